The number of rotatable bonds is 3. The van der Waals surface area contributed by atoms with Crippen molar-refractivity contribution < 1.29 is 14.1 Å². The van der Waals surface area contributed by atoms with Gasteiger partial charge in [-0.2, -0.15) is 5.10 Å². The third-order valence-corrected chi connectivity index (χ3v) is 5.53. The molecular weight excluding hydrogens is 334 g/mol. The first-order valence-corrected chi connectivity index (χ1v) is 9.05. The molecule has 0 saturated carbocycles. The van der Waals surface area contributed by atoms with Gasteiger partial charge in [0, 0.05) is 44.4 Å². The van der Waals surface area contributed by atoms with Crippen molar-refractivity contribution in [2.75, 3.05) is 19.6 Å². The van der Waals surface area contributed by atoms with Crippen LogP contribution in [-0.4, -0.2) is 51.3 Å². The summed E-state index contributed by atoms with van der Waals surface area (Å²) in [4.78, 5) is 26.2. The smallest absolute Gasteiger partial charge is 0.276 e. The van der Waals surface area contributed by atoms with Crippen molar-refractivity contribution in [2.45, 2.75) is 33.7 Å². The van der Waals surface area contributed by atoms with Crippen molar-refractivity contribution in [1.29, 1.82) is 0 Å². The molecule has 0 aliphatic carbocycles. The lowest BCUT2D eigenvalue weighted by Gasteiger charge is -2.23. The van der Waals surface area contributed by atoms with Gasteiger partial charge in [-0.25, -0.2) is 0 Å². The van der Waals surface area contributed by atoms with Crippen LogP contribution in [0.5, 0.6) is 0 Å². The van der Waals surface area contributed by atoms with E-state index in [1.165, 1.54) is 0 Å². The minimum absolute atomic E-state index is 0.0724. The molecule has 2 saturated heterocycles. The first-order valence-electron chi connectivity index (χ1n) is 9.05. The summed E-state index contributed by atoms with van der Waals surface area (Å²) in [7, 11) is 0. The van der Waals surface area contributed by atoms with Crippen LogP contribution < -0.4 is 5.32 Å². The molecule has 1 N–H and O–H groups in total. The number of amides is 2. The lowest BCUT2D eigenvalue weighted by Crippen LogP contribution is -2.40. The molecule has 0 radical (unpaired) electrons. The van der Waals surface area contributed by atoms with Gasteiger partial charge in [0.05, 0.1) is 11.3 Å². The van der Waals surface area contributed by atoms with E-state index >= 15 is 0 Å². The molecule has 2 aliphatic rings. The summed E-state index contributed by atoms with van der Waals surface area (Å²) in [5, 5.41) is 11.4. The summed E-state index contributed by atoms with van der Waals surface area (Å²) in [6, 6.07) is 1.70. The lowest BCUT2D eigenvalue weighted by atomic mass is 9.89. The standard InChI is InChI=1S/C18H23N5O3/c1-4-23-11(3)17(10(2)20-23)15-6-14(21-26-15)18(25)22-8-12-5-16(24)19-7-13(12)9-22/h6,12-13H,4-5,7-9H2,1-3H3,(H,19,24)/t12-,13+/m0/s1. The molecule has 4 rings (SSSR count). The molecule has 0 spiro atoms. The first kappa shape index (κ1) is 16.8. The highest BCUT2D eigenvalue weighted by atomic mass is 16.5. The predicted molar refractivity (Wildman–Crippen MR) is 93.4 cm³/mol. The largest absolute Gasteiger partial charge is 0.356 e. The Hall–Kier alpha value is -2.64. The molecule has 26 heavy (non-hydrogen) atoms. The van der Waals surface area contributed by atoms with Crippen LogP contribution in [0.15, 0.2) is 10.6 Å². The van der Waals surface area contributed by atoms with Crippen LogP contribution in [0.25, 0.3) is 11.3 Å². The van der Waals surface area contributed by atoms with Crippen LogP contribution in [-0.2, 0) is 11.3 Å². The maximum Gasteiger partial charge on any atom is 0.276 e. The summed E-state index contributed by atoms with van der Waals surface area (Å²) < 4.78 is 7.38. The van der Waals surface area contributed by atoms with Crippen LogP contribution in [0.4, 0.5) is 0 Å². The monoisotopic (exact) mass is 357 g/mol. The van der Waals surface area contributed by atoms with Crippen molar-refractivity contribution in [1.82, 2.24) is 25.2 Å². The Balaban J connectivity index is 1.54. The summed E-state index contributed by atoms with van der Waals surface area (Å²) in [6.45, 7) is 8.61. The molecule has 0 unspecified atom stereocenters. The minimum Gasteiger partial charge on any atom is -0.356 e. The lowest BCUT2D eigenvalue weighted by molar-refractivity contribution is -0.124. The zero-order valence-electron chi connectivity index (χ0n) is 15.3. The highest BCUT2D eigenvalue weighted by Gasteiger charge is 2.39. The number of nitrogens with zero attached hydrogens (tertiary/aromatic N) is 4. The summed E-state index contributed by atoms with van der Waals surface area (Å²) in [5.41, 5.74) is 3.05. The quantitative estimate of drug-likeness (QED) is 0.896. The Bertz CT molecular complexity index is 868. The first-order chi connectivity index (χ1) is 12.5. The zero-order valence-corrected chi connectivity index (χ0v) is 15.3. The molecule has 4 heterocycles. The molecule has 0 bridgehead atoms. The van der Waals surface area contributed by atoms with E-state index in [1.54, 1.807) is 11.0 Å². The maximum atomic E-state index is 12.8. The number of nitrogens with one attached hydrogen (secondary N) is 1. The number of piperidine rings is 1. The van der Waals surface area contributed by atoms with Crippen molar-refractivity contribution in [3.63, 3.8) is 0 Å². The Kier molecular flexibility index (Phi) is 4.05. The van der Waals surface area contributed by atoms with Gasteiger partial charge in [0.2, 0.25) is 5.91 Å². The second-order valence-corrected chi connectivity index (χ2v) is 7.18. The highest BCUT2D eigenvalue weighted by molar-refractivity contribution is 5.93. The van der Waals surface area contributed by atoms with Crippen molar-refractivity contribution in [3.05, 3.63) is 23.1 Å². The van der Waals surface area contributed by atoms with E-state index in [-0.39, 0.29) is 17.7 Å². The van der Waals surface area contributed by atoms with Gasteiger partial charge in [-0.15, -0.1) is 0 Å². The predicted octanol–water partition coefficient (Wildman–Crippen LogP) is 1.38. The Morgan fingerprint density at radius 2 is 2.12 bits per heavy atom. The molecule has 8 nitrogen and oxygen atoms in total. The number of carbonyl (C=O) groups excluding carboxylic acids is 2. The molecule has 8 heteroatoms. The van der Waals surface area contributed by atoms with Gasteiger partial charge in [-0.05, 0) is 32.6 Å². The van der Waals surface area contributed by atoms with E-state index in [9.17, 15) is 9.59 Å². The number of aromatic nitrogens is 3. The molecular formula is C18H23N5O3. The van der Waals surface area contributed by atoms with Gasteiger partial charge in [-0.1, -0.05) is 5.16 Å². The highest BCUT2D eigenvalue weighted by Crippen LogP contribution is 2.31. The Morgan fingerprint density at radius 1 is 1.35 bits per heavy atom. The molecule has 2 fully saturated rings. The normalized spacial score (nSPS) is 22.4. The van der Waals surface area contributed by atoms with E-state index in [1.807, 2.05) is 25.5 Å². The van der Waals surface area contributed by atoms with Crippen LogP contribution in [0.2, 0.25) is 0 Å². The number of hydrogen-bond donors (Lipinski definition) is 1. The van der Waals surface area contributed by atoms with Crippen molar-refractivity contribution in [3.8, 4) is 11.3 Å². The second-order valence-electron chi connectivity index (χ2n) is 7.18. The molecule has 2 aliphatic heterocycles. The molecule has 2 atom stereocenters. The van der Waals surface area contributed by atoms with Crippen LogP contribution in [0, 0.1) is 25.7 Å². The van der Waals surface area contributed by atoms with E-state index in [4.69, 9.17) is 4.52 Å². The molecule has 2 aromatic rings. The Labute approximate surface area is 151 Å². The second kappa shape index (κ2) is 6.26. The summed E-state index contributed by atoms with van der Waals surface area (Å²) >= 11 is 0. The zero-order chi connectivity index (χ0) is 18.4. The average molecular weight is 357 g/mol. The molecule has 0 aromatic carbocycles. The van der Waals surface area contributed by atoms with Crippen molar-refractivity contribution >= 4 is 11.8 Å². The van der Waals surface area contributed by atoms with Gasteiger partial charge in [0.25, 0.3) is 5.91 Å². The Morgan fingerprint density at radius 3 is 2.85 bits per heavy atom. The minimum atomic E-state index is -0.139. The van der Waals surface area contributed by atoms with Crippen LogP contribution >= 0.6 is 0 Å². The SMILES string of the molecule is CCn1nc(C)c(-c2cc(C(=O)N3C[C@H]4CNC(=O)C[C@H]4C3)no2)c1C. The summed E-state index contributed by atoms with van der Waals surface area (Å²) in [6.07, 6.45) is 0.493. The summed E-state index contributed by atoms with van der Waals surface area (Å²) in [5.74, 6) is 1.07. The fourth-order valence-corrected chi connectivity index (χ4v) is 4.14. The number of hydrogen-bond acceptors (Lipinski definition) is 5. The third kappa shape index (κ3) is 2.69. The van der Waals surface area contributed by atoms with Gasteiger partial charge < -0.3 is 14.7 Å². The van der Waals surface area contributed by atoms with E-state index < -0.39 is 0 Å². The van der Waals surface area contributed by atoms with Gasteiger partial charge in [0.1, 0.15) is 0 Å². The van der Waals surface area contributed by atoms with Gasteiger partial charge >= 0.3 is 0 Å². The number of likely N-dealkylation sites (tertiary alicyclic amines) is 1. The van der Waals surface area contributed by atoms with Crippen LogP contribution in [0.1, 0.15) is 35.2 Å². The fourth-order valence-electron chi connectivity index (χ4n) is 4.14. The average Bonchev–Trinajstić information content (AvgIpc) is 3.31. The fraction of sp³-hybridized carbons (Fsp3) is 0.556. The number of fused-ring (bicyclic) bond motifs is 1. The van der Waals surface area contributed by atoms with Gasteiger partial charge in [0.15, 0.2) is 11.5 Å². The number of aryl methyl sites for hydroxylation is 2. The molecule has 2 aromatic heterocycles. The molecule has 2 amide bonds. The van der Waals surface area contributed by atoms with Crippen molar-refractivity contribution in [2.24, 2.45) is 11.8 Å². The number of carbonyl (C=O) groups is 2. The topological polar surface area (TPSA) is 93.3 Å². The van der Waals surface area contributed by atoms with E-state index in [0.717, 1.165) is 23.5 Å². The van der Waals surface area contributed by atoms with Gasteiger partial charge in [-0.3, -0.25) is 14.3 Å². The van der Waals surface area contributed by atoms with E-state index in [0.29, 0.717) is 43.4 Å². The van der Waals surface area contributed by atoms with E-state index in [2.05, 4.69) is 15.6 Å². The maximum absolute atomic E-state index is 12.8. The van der Waals surface area contributed by atoms with Crippen LogP contribution in [0.3, 0.4) is 0 Å². The molecule has 138 valence electrons. The third-order valence-electron chi connectivity index (χ3n) is 5.53.